The minimum absolute atomic E-state index is 0.0488. The van der Waals surface area contributed by atoms with Gasteiger partial charge in [0.25, 0.3) is 0 Å². The van der Waals surface area contributed by atoms with Crippen molar-refractivity contribution in [1.82, 2.24) is 19.7 Å². The van der Waals surface area contributed by atoms with Crippen LogP contribution in [0.15, 0.2) is 53.6 Å². The van der Waals surface area contributed by atoms with Gasteiger partial charge in [0.2, 0.25) is 5.88 Å². The molecule has 4 heterocycles. The zero-order valence-corrected chi connectivity index (χ0v) is 13.7. The first kappa shape index (κ1) is 15.8. The smallest absolute Gasteiger partial charge is 0.250 e. The minimum Gasteiger partial charge on any atom is -0.474 e. The van der Waals surface area contributed by atoms with Crippen molar-refractivity contribution in [1.29, 1.82) is 0 Å². The fourth-order valence-corrected chi connectivity index (χ4v) is 3.13. The van der Waals surface area contributed by atoms with Gasteiger partial charge in [0.05, 0.1) is 18.2 Å². The summed E-state index contributed by atoms with van der Waals surface area (Å²) in [6, 6.07) is 7.02. The average molecular weight is 342 g/mol. The van der Waals surface area contributed by atoms with Gasteiger partial charge >= 0.3 is 0 Å². The van der Waals surface area contributed by atoms with E-state index in [4.69, 9.17) is 9.15 Å². The van der Waals surface area contributed by atoms with Crippen molar-refractivity contribution in [3.05, 3.63) is 66.3 Å². The Labute approximate surface area is 144 Å². The number of furan rings is 1. The third-order valence-electron chi connectivity index (χ3n) is 4.46. The lowest BCUT2D eigenvalue weighted by Crippen LogP contribution is -2.38. The molecule has 1 aliphatic rings. The molecule has 0 aliphatic carbocycles. The summed E-state index contributed by atoms with van der Waals surface area (Å²) in [6.45, 7) is 2.67. The molecule has 1 atom stereocenters. The van der Waals surface area contributed by atoms with E-state index in [9.17, 15) is 4.39 Å². The summed E-state index contributed by atoms with van der Waals surface area (Å²) in [5.74, 6) is -0.391. The van der Waals surface area contributed by atoms with Crippen molar-refractivity contribution in [2.24, 2.45) is 0 Å². The highest BCUT2D eigenvalue weighted by Crippen LogP contribution is 2.21. The van der Waals surface area contributed by atoms with Crippen LogP contribution in [0.3, 0.4) is 0 Å². The van der Waals surface area contributed by atoms with E-state index in [1.807, 2.05) is 23.0 Å². The molecule has 0 saturated heterocycles. The van der Waals surface area contributed by atoms with E-state index in [0.717, 1.165) is 37.3 Å². The summed E-state index contributed by atoms with van der Waals surface area (Å²) in [6.07, 6.45) is 7.64. The highest BCUT2D eigenvalue weighted by Gasteiger charge is 2.25. The van der Waals surface area contributed by atoms with E-state index in [-0.39, 0.29) is 11.9 Å². The summed E-state index contributed by atoms with van der Waals surface area (Å²) >= 11 is 0. The first-order valence-electron chi connectivity index (χ1n) is 8.29. The third-order valence-corrected chi connectivity index (χ3v) is 4.46. The van der Waals surface area contributed by atoms with Gasteiger partial charge in [-0.05, 0) is 30.7 Å². The maximum absolute atomic E-state index is 13.8. The molecule has 0 spiro atoms. The van der Waals surface area contributed by atoms with Gasteiger partial charge in [-0.25, -0.2) is 9.37 Å². The SMILES string of the molecule is Fc1cccnc1OC[C@@H]1CCn2nccc2CN1Cc1ccoc1. The van der Waals surface area contributed by atoms with Crippen LogP contribution >= 0.6 is 0 Å². The van der Waals surface area contributed by atoms with Gasteiger partial charge in [0.1, 0.15) is 6.61 Å². The predicted molar refractivity (Wildman–Crippen MR) is 88.3 cm³/mol. The third kappa shape index (κ3) is 3.56. The molecule has 3 aromatic heterocycles. The number of nitrogens with zero attached hydrogens (tertiary/aromatic N) is 4. The summed E-state index contributed by atoms with van der Waals surface area (Å²) in [7, 11) is 0. The number of ether oxygens (including phenoxy) is 1. The van der Waals surface area contributed by atoms with Gasteiger partial charge in [0.15, 0.2) is 5.82 Å². The Morgan fingerprint density at radius 1 is 1.28 bits per heavy atom. The van der Waals surface area contributed by atoms with Gasteiger partial charge < -0.3 is 9.15 Å². The Hall–Kier alpha value is -2.67. The van der Waals surface area contributed by atoms with Gasteiger partial charge in [0, 0.05) is 43.6 Å². The van der Waals surface area contributed by atoms with Crippen LogP contribution in [-0.2, 0) is 19.6 Å². The zero-order valence-electron chi connectivity index (χ0n) is 13.7. The van der Waals surface area contributed by atoms with E-state index in [1.165, 1.54) is 12.3 Å². The normalized spacial score (nSPS) is 17.9. The van der Waals surface area contributed by atoms with Crippen LogP contribution in [0.25, 0.3) is 0 Å². The topological polar surface area (TPSA) is 56.3 Å². The lowest BCUT2D eigenvalue weighted by molar-refractivity contribution is 0.113. The number of hydrogen-bond donors (Lipinski definition) is 0. The molecule has 25 heavy (non-hydrogen) atoms. The summed E-state index contributed by atoms with van der Waals surface area (Å²) in [5.41, 5.74) is 2.26. The van der Waals surface area contributed by atoms with Crippen LogP contribution in [0.1, 0.15) is 17.7 Å². The monoisotopic (exact) mass is 342 g/mol. The number of halogens is 1. The second-order valence-electron chi connectivity index (χ2n) is 6.13. The first-order chi connectivity index (χ1) is 12.3. The van der Waals surface area contributed by atoms with Crippen LogP contribution in [0.4, 0.5) is 4.39 Å². The van der Waals surface area contributed by atoms with Crippen molar-refractivity contribution in [3.8, 4) is 5.88 Å². The lowest BCUT2D eigenvalue weighted by Gasteiger charge is -2.28. The molecule has 0 amide bonds. The summed E-state index contributed by atoms with van der Waals surface area (Å²) in [5, 5.41) is 4.37. The van der Waals surface area contributed by atoms with Gasteiger partial charge in [-0.1, -0.05) is 0 Å². The summed E-state index contributed by atoms with van der Waals surface area (Å²) in [4.78, 5) is 6.28. The molecule has 1 aliphatic heterocycles. The molecule has 3 aromatic rings. The van der Waals surface area contributed by atoms with Crippen molar-refractivity contribution in [3.63, 3.8) is 0 Å². The molecule has 4 rings (SSSR count). The molecular formula is C18H19FN4O2. The van der Waals surface area contributed by atoms with E-state index in [2.05, 4.69) is 15.0 Å². The number of hydrogen-bond acceptors (Lipinski definition) is 5. The highest BCUT2D eigenvalue weighted by molar-refractivity contribution is 5.13. The van der Waals surface area contributed by atoms with E-state index < -0.39 is 5.82 Å². The standard InChI is InChI=1S/C18H19FN4O2/c19-17-2-1-6-20-18(17)25-13-16-4-8-23-15(3-7-21-23)11-22(16)10-14-5-9-24-12-14/h1-3,5-7,9,12,16H,4,8,10-11,13H2/t16-/m0/s1. The molecule has 0 radical (unpaired) electrons. The minimum atomic E-state index is -0.439. The number of aryl methyl sites for hydroxylation is 1. The van der Waals surface area contributed by atoms with Crippen molar-refractivity contribution in [2.45, 2.75) is 32.1 Å². The fraction of sp³-hybridized carbons (Fsp3) is 0.333. The fourth-order valence-electron chi connectivity index (χ4n) is 3.13. The van der Waals surface area contributed by atoms with Gasteiger partial charge in [-0.2, -0.15) is 5.10 Å². The zero-order chi connectivity index (χ0) is 17.1. The maximum atomic E-state index is 13.8. The number of fused-ring (bicyclic) bond motifs is 1. The van der Waals surface area contributed by atoms with Crippen molar-refractivity contribution >= 4 is 0 Å². The van der Waals surface area contributed by atoms with E-state index >= 15 is 0 Å². The van der Waals surface area contributed by atoms with Crippen molar-refractivity contribution < 1.29 is 13.5 Å². The molecule has 0 aromatic carbocycles. The van der Waals surface area contributed by atoms with Crippen LogP contribution in [-0.4, -0.2) is 32.3 Å². The van der Waals surface area contributed by atoms with Crippen LogP contribution in [0, 0.1) is 5.82 Å². The quantitative estimate of drug-likeness (QED) is 0.714. The van der Waals surface area contributed by atoms with E-state index in [1.54, 1.807) is 18.6 Å². The van der Waals surface area contributed by atoms with E-state index in [0.29, 0.717) is 6.61 Å². The molecule has 0 N–H and O–H groups in total. The van der Waals surface area contributed by atoms with Gasteiger partial charge in [-0.15, -0.1) is 0 Å². The number of aromatic nitrogens is 3. The Kier molecular flexibility index (Phi) is 4.47. The molecule has 0 fully saturated rings. The van der Waals surface area contributed by atoms with Crippen LogP contribution in [0.5, 0.6) is 5.88 Å². The molecule has 6 nitrogen and oxygen atoms in total. The van der Waals surface area contributed by atoms with Crippen molar-refractivity contribution in [2.75, 3.05) is 6.61 Å². The molecule has 0 bridgehead atoms. The second kappa shape index (κ2) is 7.06. The lowest BCUT2D eigenvalue weighted by atomic mass is 10.1. The molecule has 0 unspecified atom stereocenters. The summed E-state index contributed by atoms with van der Waals surface area (Å²) < 4.78 is 26.6. The van der Waals surface area contributed by atoms with Crippen LogP contribution in [0.2, 0.25) is 0 Å². The Morgan fingerprint density at radius 2 is 2.24 bits per heavy atom. The number of rotatable bonds is 5. The number of pyridine rings is 1. The molecular weight excluding hydrogens is 323 g/mol. The Morgan fingerprint density at radius 3 is 3.08 bits per heavy atom. The Bertz CT molecular complexity index is 818. The molecule has 7 heteroatoms. The molecule has 0 saturated carbocycles. The second-order valence-corrected chi connectivity index (χ2v) is 6.13. The molecule has 130 valence electrons. The highest BCUT2D eigenvalue weighted by atomic mass is 19.1. The first-order valence-corrected chi connectivity index (χ1v) is 8.29. The Balaban J connectivity index is 1.51. The van der Waals surface area contributed by atoms with Gasteiger partial charge in [-0.3, -0.25) is 9.58 Å². The predicted octanol–water partition coefficient (Wildman–Crippen LogP) is 2.86. The van der Waals surface area contributed by atoms with Crippen LogP contribution < -0.4 is 4.74 Å². The largest absolute Gasteiger partial charge is 0.474 e. The maximum Gasteiger partial charge on any atom is 0.250 e. The average Bonchev–Trinajstić information content (AvgIpc) is 3.25.